The lowest BCUT2D eigenvalue weighted by molar-refractivity contribution is -0.142. The Morgan fingerprint density at radius 3 is 2.57 bits per heavy atom. The van der Waals surface area contributed by atoms with E-state index in [1.165, 1.54) is 7.11 Å². The minimum Gasteiger partial charge on any atom is -0.495 e. The molecule has 116 valence electrons. The quantitative estimate of drug-likeness (QED) is 0.716. The van der Waals surface area contributed by atoms with Gasteiger partial charge in [-0.1, -0.05) is 25.4 Å². The van der Waals surface area contributed by atoms with Crippen molar-refractivity contribution in [3.05, 3.63) is 23.2 Å². The van der Waals surface area contributed by atoms with Gasteiger partial charge in [0.25, 0.3) is 0 Å². The summed E-state index contributed by atoms with van der Waals surface area (Å²) >= 11 is 5.88. The number of anilines is 1. The molecule has 1 rings (SSSR count). The van der Waals surface area contributed by atoms with Crippen molar-refractivity contribution in [1.29, 1.82) is 0 Å². The van der Waals surface area contributed by atoms with Crippen LogP contribution in [0.1, 0.15) is 13.8 Å². The molecule has 0 aliphatic heterocycles. The Morgan fingerprint density at radius 1 is 1.38 bits per heavy atom. The molecular weight excluding hydrogens is 296 g/mol. The van der Waals surface area contributed by atoms with Gasteiger partial charge in [-0.25, -0.2) is 4.79 Å². The van der Waals surface area contributed by atoms with Crippen LogP contribution in [0.5, 0.6) is 5.75 Å². The number of nitrogens with one attached hydrogen (secondary N) is 2. The number of halogens is 1. The van der Waals surface area contributed by atoms with Gasteiger partial charge in [-0.2, -0.15) is 0 Å². The fourth-order valence-corrected chi connectivity index (χ4v) is 1.90. The van der Waals surface area contributed by atoms with Gasteiger partial charge in [0.05, 0.1) is 19.3 Å². The van der Waals surface area contributed by atoms with Crippen molar-refractivity contribution < 1.29 is 19.4 Å². The number of methoxy groups -OCH3 is 1. The molecule has 3 N–H and O–H groups in total. The third-order valence-corrected chi connectivity index (χ3v) is 3.09. The number of rotatable bonds is 7. The molecule has 0 radical (unpaired) electrons. The molecule has 0 saturated carbocycles. The van der Waals surface area contributed by atoms with Crippen molar-refractivity contribution in [2.45, 2.75) is 19.9 Å². The van der Waals surface area contributed by atoms with E-state index in [0.717, 1.165) is 0 Å². The highest BCUT2D eigenvalue weighted by Crippen LogP contribution is 2.27. The molecule has 1 aromatic rings. The van der Waals surface area contributed by atoms with Gasteiger partial charge in [0.2, 0.25) is 5.91 Å². The first-order valence-corrected chi connectivity index (χ1v) is 6.82. The smallest absolute Gasteiger partial charge is 0.326 e. The summed E-state index contributed by atoms with van der Waals surface area (Å²) in [5.41, 5.74) is 0.566. The minimum atomic E-state index is -1.06. The molecule has 0 aliphatic carbocycles. The second kappa shape index (κ2) is 7.73. The van der Waals surface area contributed by atoms with Gasteiger partial charge in [-0.15, -0.1) is 0 Å². The number of ether oxygens (including phenoxy) is 1. The summed E-state index contributed by atoms with van der Waals surface area (Å²) in [6.07, 6.45) is 0. The lowest BCUT2D eigenvalue weighted by atomic mass is 10.1. The third kappa shape index (κ3) is 5.15. The van der Waals surface area contributed by atoms with Gasteiger partial charge in [0, 0.05) is 5.02 Å². The van der Waals surface area contributed by atoms with E-state index in [4.69, 9.17) is 21.4 Å². The van der Waals surface area contributed by atoms with Crippen LogP contribution in [0.4, 0.5) is 5.69 Å². The molecule has 7 heteroatoms. The number of benzene rings is 1. The van der Waals surface area contributed by atoms with Crippen LogP contribution in [-0.2, 0) is 9.59 Å². The number of hydrogen-bond acceptors (Lipinski definition) is 4. The molecule has 0 bridgehead atoms. The molecule has 0 saturated heterocycles. The summed E-state index contributed by atoms with van der Waals surface area (Å²) in [6, 6.07) is 4.06. The van der Waals surface area contributed by atoms with Crippen molar-refractivity contribution in [3.8, 4) is 5.75 Å². The molecular formula is C14H19ClN2O4. The van der Waals surface area contributed by atoms with Crippen LogP contribution in [0.3, 0.4) is 0 Å². The van der Waals surface area contributed by atoms with Crippen LogP contribution >= 0.6 is 11.6 Å². The summed E-state index contributed by atoms with van der Waals surface area (Å²) in [6.45, 7) is 3.38. The van der Waals surface area contributed by atoms with E-state index in [-0.39, 0.29) is 12.5 Å². The number of hydrogen-bond donors (Lipinski definition) is 3. The summed E-state index contributed by atoms with van der Waals surface area (Å²) in [7, 11) is 1.51. The number of carboxylic acid groups (broad SMARTS) is 1. The zero-order valence-corrected chi connectivity index (χ0v) is 12.9. The van der Waals surface area contributed by atoms with Gasteiger partial charge in [-0.3, -0.25) is 4.79 Å². The molecule has 0 heterocycles. The van der Waals surface area contributed by atoms with Crippen molar-refractivity contribution in [1.82, 2.24) is 5.32 Å². The van der Waals surface area contributed by atoms with Crippen LogP contribution in [-0.4, -0.2) is 36.7 Å². The van der Waals surface area contributed by atoms with Crippen LogP contribution in [0, 0.1) is 5.92 Å². The lowest BCUT2D eigenvalue weighted by Gasteiger charge is -2.18. The molecule has 0 aromatic heterocycles. The number of carbonyl (C=O) groups is 2. The SMILES string of the molecule is COc1ccc(Cl)cc1NCC(=O)N[C@@H](C(=O)O)C(C)C. The Labute approximate surface area is 128 Å². The van der Waals surface area contributed by atoms with Crippen LogP contribution < -0.4 is 15.4 Å². The normalized spacial score (nSPS) is 11.9. The van der Waals surface area contributed by atoms with Gasteiger partial charge in [0.15, 0.2) is 0 Å². The Balaban J connectivity index is 2.65. The molecule has 0 unspecified atom stereocenters. The van der Waals surface area contributed by atoms with Crippen molar-refractivity contribution >= 4 is 29.2 Å². The van der Waals surface area contributed by atoms with Crippen LogP contribution in [0.25, 0.3) is 0 Å². The van der Waals surface area contributed by atoms with Gasteiger partial charge in [0.1, 0.15) is 11.8 Å². The standard InChI is InChI=1S/C14H19ClN2O4/c1-8(2)13(14(19)20)17-12(18)7-16-10-6-9(15)4-5-11(10)21-3/h4-6,8,13,16H,7H2,1-3H3,(H,17,18)(H,19,20)/t13-/m1/s1. The first kappa shape index (κ1) is 17.1. The van der Waals surface area contributed by atoms with Crippen molar-refractivity contribution in [3.63, 3.8) is 0 Å². The van der Waals surface area contributed by atoms with Crippen molar-refractivity contribution in [2.24, 2.45) is 5.92 Å². The number of aliphatic carboxylic acids is 1. The van der Waals surface area contributed by atoms with Crippen LogP contribution in [0.15, 0.2) is 18.2 Å². The average molecular weight is 315 g/mol. The topological polar surface area (TPSA) is 87.7 Å². The zero-order chi connectivity index (χ0) is 16.0. The predicted octanol–water partition coefficient (Wildman–Crippen LogP) is 1.99. The highest BCUT2D eigenvalue weighted by Gasteiger charge is 2.23. The third-order valence-electron chi connectivity index (χ3n) is 2.85. The maximum absolute atomic E-state index is 11.8. The Hall–Kier alpha value is -1.95. The highest BCUT2D eigenvalue weighted by molar-refractivity contribution is 6.30. The average Bonchev–Trinajstić information content (AvgIpc) is 2.42. The van der Waals surface area contributed by atoms with E-state index in [1.54, 1.807) is 32.0 Å². The Kier molecular flexibility index (Phi) is 6.30. The predicted molar refractivity (Wildman–Crippen MR) is 80.9 cm³/mol. The lowest BCUT2D eigenvalue weighted by Crippen LogP contribution is -2.46. The summed E-state index contributed by atoms with van der Waals surface area (Å²) in [5.74, 6) is -1.13. The largest absolute Gasteiger partial charge is 0.495 e. The fourth-order valence-electron chi connectivity index (χ4n) is 1.73. The first-order chi connectivity index (χ1) is 9.85. The molecule has 1 atom stereocenters. The number of carboxylic acids is 1. The maximum Gasteiger partial charge on any atom is 0.326 e. The zero-order valence-electron chi connectivity index (χ0n) is 12.1. The molecule has 21 heavy (non-hydrogen) atoms. The van der Waals surface area contributed by atoms with E-state index in [0.29, 0.717) is 16.5 Å². The van der Waals surface area contributed by atoms with Crippen molar-refractivity contribution in [2.75, 3.05) is 19.0 Å². The van der Waals surface area contributed by atoms with Crippen LogP contribution in [0.2, 0.25) is 5.02 Å². The number of carbonyl (C=O) groups excluding carboxylic acids is 1. The minimum absolute atomic E-state index is 0.0762. The molecule has 0 spiro atoms. The molecule has 6 nitrogen and oxygen atoms in total. The summed E-state index contributed by atoms with van der Waals surface area (Å²) < 4.78 is 5.14. The maximum atomic E-state index is 11.8. The Bertz CT molecular complexity index is 520. The molecule has 1 amide bonds. The molecule has 0 aliphatic rings. The first-order valence-electron chi connectivity index (χ1n) is 6.44. The molecule has 0 fully saturated rings. The van der Waals surface area contributed by atoms with E-state index < -0.39 is 17.9 Å². The van der Waals surface area contributed by atoms with Gasteiger partial charge >= 0.3 is 5.97 Å². The summed E-state index contributed by atoms with van der Waals surface area (Å²) in [4.78, 5) is 22.8. The van der Waals surface area contributed by atoms with E-state index in [2.05, 4.69) is 10.6 Å². The van der Waals surface area contributed by atoms with E-state index >= 15 is 0 Å². The van der Waals surface area contributed by atoms with Gasteiger partial charge in [-0.05, 0) is 24.1 Å². The second-order valence-electron chi connectivity index (χ2n) is 4.83. The van der Waals surface area contributed by atoms with Gasteiger partial charge < -0.3 is 20.5 Å². The Morgan fingerprint density at radius 2 is 2.05 bits per heavy atom. The molecule has 1 aromatic carbocycles. The highest BCUT2D eigenvalue weighted by atomic mass is 35.5. The number of amides is 1. The van der Waals surface area contributed by atoms with E-state index in [9.17, 15) is 9.59 Å². The second-order valence-corrected chi connectivity index (χ2v) is 5.26. The summed E-state index contributed by atoms with van der Waals surface area (Å²) in [5, 5.41) is 14.9. The monoisotopic (exact) mass is 314 g/mol. The fraction of sp³-hybridized carbons (Fsp3) is 0.429. The van der Waals surface area contributed by atoms with E-state index in [1.807, 2.05) is 0 Å².